The fourth-order valence-electron chi connectivity index (χ4n) is 2.55. The van der Waals surface area contributed by atoms with Crippen LogP contribution >= 0.6 is 11.3 Å². The first-order valence-electron chi connectivity index (χ1n) is 7.92. The summed E-state index contributed by atoms with van der Waals surface area (Å²) in [5.41, 5.74) is 0.672. The summed E-state index contributed by atoms with van der Waals surface area (Å²) in [4.78, 5) is 27.5. The van der Waals surface area contributed by atoms with Gasteiger partial charge in [-0.25, -0.2) is 4.98 Å². The summed E-state index contributed by atoms with van der Waals surface area (Å²) in [5.74, 6) is 1.18. The monoisotopic (exact) mass is 348 g/mol. The number of anilines is 1. The number of piperidine rings is 1. The second-order valence-corrected chi connectivity index (χ2v) is 6.60. The molecule has 1 atom stereocenters. The summed E-state index contributed by atoms with van der Waals surface area (Å²) < 4.78 is 5.66. The van der Waals surface area contributed by atoms with Crippen LogP contribution in [0.2, 0.25) is 0 Å². The molecular formula is C16H20N4O3S. The van der Waals surface area contributed by atoms with Crippen molar-refractivity contribution in [2.75, 3.05) is 18.4 Å². The molecule has 0 radical (unpaired) electrons. The lowest BCUT2D eigenvalue weighted by atomic mass is 9.99. The smallest absolute Gasteiger partial charge is 0.230 e. The highest BCUT2D eigenvalue weighted by atomic mass is 32.1. The van der Waals surface area contributed by atoms with Gasteiger partial charge in [0.25, 0.3) is 0 Å². The van der Waals surface area contributed by atoms with Crippen molar-refractivity contribution in [1.82, 2.24) is 15.6 Å². The van der Waals surface area contributed by atoms with Gasteiger partial charge in [0.2, 0.25) is 11.8 Å². The molecule has 3 rings (SSSR count). The third kappa shape index (κ3) is 4.21. The van der Waals surface area contributed by atoms with Gasteiger partial charge in [0.15, 0.2) is 10.9 Å². The van der Waals surface area contributed by atoms with E-state index in [-0.39, 0.29) is 17.7 Å². The Balaban J connectivity index is 1.60. The van der Waals surface area contributed by atoms with Crippen LogP contribution in [0, 0.1) is 5.92 Å². The van der Waals surface area contributed by atoms with Gasteiger partial charge in [-0.2, -0.15) is 0 Å². The molecule has 1 unspecified atom stereocenters. The lowest BCUT2D eigenvalue weighted by Gasteiger charge is -2.21. The minimum atomic E-state index is -0.108. The Labute approximate surface area is 143 Å². The van der Waals surface area contributed by atoms with E-state index in [1.54, 1.807) is 6.07 Å². The summed E-state index contributed by atoms with van der Waals surface area (Å²) in [6.07, 6.45) is 1.92. The molecule has 1 aliphatic heterocycles. The Kier molecular flexibility index (Phi) is 5.27. The molecule has 1 fully saturated rings. The number of carbonyl (C=O) groups excluding carboxylic acids is 2. The van der Waals surface area contributed by atoms with Crippen LogP contribution in [0.3, 0.4) is 0 Å². The lowest BCUT2D eigenvalue weighted by Crippen LogP contribution is -2.37. The first-order chi connectivity index (χ1) is 11.6. The van der Waals surface area contributed by atoms with E-state index in [0.29, 0.717) is 28.9 Å². The summed E-state index contributed by atoms with van der Waals surface area (Å²) >= 11 is 1.37. The van der Waals surface area contributed by atoms with Crippen LogP contribution < -0.4 is 16.0 Å². The summed E-state index contributed by atoms with van der Waals surface area (Å²) in [7, 11) is 0. The van der Waals surface area contributed by atoms with E-state index >= 15 is 0 Å². The first-order valence-corrected chi connectivity index (χ1v) is 8.80. The number of carbonyl (C=O) groups is 2. The van der Waals surface area contributed by atoms with E-state index < -0.39 is 0 Å². The van der Waals surface area contributed by atoms with Crippen LogP contribution in [0.4, 0.5) is 5.13 Å². The predicted octanol–water partition coefficient (Wildman–Crippen LogP) is 1.98. The van der Waals surface area contributed by atoms with Gasteiger partial charge in [-0.1, -0.05) is 0 Å². The highest BCUT2D eigenvalue weighted by Crippen LogP contribution is 2.27. The van der Waals surface area contributed by atoms with Crippen molar-refractivity contribution >= 4 is 28.3 Å². The number of furan rings is 1. The second-order valence-electron chi connectivity index (χ2n) is 5.75. The molecule has 2 amide bonds. The molecule has 1 saturated heterocycles. The SMILES string of the molecule is CC(=O)NCc1ccc(-c2csc(NC(=O)C3CCCNC3)n2)o1. The number of hydrogen-bond donors (Lipinski definition) is 3. The molecule has 8 heteroatoms. The quantitative estimate of drug-likeness (QED) is 0.768. The van der Waals surface area contributed by atoms with Crippen LogP contribution in [0.25, 0.3) is 11.5 Å². The lowest BCUT2D eigenvalue weighted by molar-refractivity contribution is -0.120. The van der Waals surface area contributed by atoms with Crippen molar-refractivity contribution in [2.24, 2.45) is 5.92 Å². The maximum absolute atomic E-state index is 12.2. The topological polar surface area (TPSA) is 96.3 Å². The summed E-state index contributed by atoms with van der Waals surface area (Å²) in [6.45, 7) is 3.50. The zero-order valence-corrected chi connectivity index (χ0v) is 14.2. The number of hydrogen-bond acceptors (Lipinski definition) is 6. The zero-order valence-electron chi connectivity index (χ0n) is 13.4. The second kappa shape index (κ2) is 7.59. The molecule has 0 aromatic carbocycles. The standard InChI is InChI=1S/C16H20N4O3S/c1-10(21)18-8-12-4-5-14(23-12)13-9-24-16(19-13)20-15(22)11-3-2-6-17-7-11/h4-5,9,11,17H,2-3,6-8H2,1H3,(H,18,21)(H,19,20,22). The highest BCUT2D eigenvalue weighted by molar-refractivity contribution is 7.14. The predicted molar refractivity (Wildman–Crippen MR) is 91.6 cm³/mol. The molecule has 24 heavy (non-hydrogen) atoms. The van der Waals surface area contributed by atoms with Crippen molar-refractivity contribution in [3.05, 3.63) is 23.3 Å². The number of thiazole rings is 1. The zero-order chi connectivity index (χ0) is 16.9. The molecule has 7 nitrogen and oxygen atoms in total. The van der Waals surface area contributed by atoms with Gasteiger partial charge in [0.05, 0.1) is 12.5 Å². The number of aromatic nitrogens is 1. The van der Waals surface area contributed by atoms with Crippen LogP contribution in [-0.4, -0.2) is 29.9 Å². The first kappa shape index (κ1) is 16.7. The summed E-state index contributed by atoms with van der Waals surface area (Å²) in [5, 5.41) is 11.2. The molecule has 3 heterocycles. The van der Waals surface area contributed by atoms with Crippen molar-refractivity contribution in [3.8, 4) is 11.5 Å². The van der Waals surface area contributed by atoms with Crippen LogP contribution in [0.15, 0.2) is 21.9 Å². The molecule has 0 spiro atoms. The summed E-state index contributed by atoms with van der Waals surface area (Å²) in [6, 6.07) is 3.61. The normalized spacial score (nSPS) is 17.5. The van der Waals surface area contributed by atoms with Crippen LogP contribution in [0.5, 0.6) is 0 Å². The maximum Gasteiger partial charge on any atom is 0.230 e. The van der Waals surface area contributed by atoms with Gasteiger partial charge in [-0.3, -0.25) is 9.59 Å². The molecule has 3 N–H and O–H groups in total. The maximum atomic E-state index is 12.2. The van der Waals surface area contributed by atoms with Crippen molar-refractivity contribution < 1.29 is 14.0 Å². The average Bonchev–Trinajstić information content (AvgIpc) is 3.22. The Morgan fingerprint density at radius 3 is 3.08 bits per heavy atom. The number of amides is 2. The van der Waals surface area contributed by atoms with Crippen LogP contribution in [0.1, 0.15) is 25.5 Å². The molecule has 2 aromatic rings. The van der Waals surface area contributed by atoms with E-state index in [1.165, 1.54) is 18.3 Å². The Hall–Kier alpha value is -2.19. The number of rotatable bonds is 5. The molecule has 0 aliphatic carbocycles. The average molecular weight is 348 g/mol. The number of nitrogens with zero attached hydrogens (tertiary/aromatic N) is 1. The molecule has 128 valence electrons. The van der Waals surface area contributed by atoms with E-state index in [4.69, 9.17) is 4.42 Å². The molecule has 0 bridgehead atoms. The van der Waals surface area contributed by atoms with E-state index in [2.05, 4.69) is 20.9 Å². The largest absolute Gasteiger partial charge is 0.458 e. The molecule has 1 aliphatic rings. The highest BCUT2D eigenvalue weighted by Gasteiger charge is 2.22. The minimum Gasteiger partial charge on any atom is -0.458 e. The van der Waals surface area contributed by atoms with Gasteiger partial charge >= 0.3 is 0 Å². The number of nitrogens with one attached hydrogen (secondary N) is 3. The Morgan fingerprint density at radius 1 is 1.46 bits per heavy atom. The molecule has 0 saturated carbocycles. The van der Waals surface area contributed by atoms with Crippen molar-refractivity contribution in [1.29, 1.82) is 0 Å². The van der Waals surface area contributed by atoms with Gasteiger partial charge in [-0.15, -0.1) is 11.3 Å². The van der Waals surface area contributed by atoms with Crippen molar-refractivity contribution in [2.45, 2.75) is 26.3 Å². The van der Waals surface area contributed by atoms with Gasteiger partial charge in [0, 0.05) is 18.8 Å². The molecular weight excluding hydrogens is 328 g/mol. The minimum absolute atomic E-state index is 0.000953. The van der Waals surface area contributed by atoms with E-state index in [0.717, 1.165) is 25.9 Å². The van der Waals surface area contributed by atoms with Crippen molar-refractivity contribution in [3.63, 3.8) is 0 Å². The fraction of sp³-hybridized carbons (Fsp3) is 0.438. The van der Waals surface area contributed by atoms with Gasteiger partial charge < -0.3 is 20.4 Å². The molecule has 2 aromatic heterocycles. The third-order valence-corrected chi connectivity index (χ3v) is 4.59. The van der Waals surface area contributed by atoms with Crippen LogP contribution in [-0.2, 0) is 16.1 Å². The van der Waals surface area contributed by atoms with E-state index in [9.17, 15) is 9.59 Å². The van der Waals surface area contributed by atoms with E-state index in [1.807, 2.05) is 11.4 Å². The Morgan fingerprint density at radius 2 is 2.33 bits per heavy atom. The Bertz CT molecular complexity index is 718. The van der Waals surface area contributed by atoms with Gasteiger partial charge in [-0.05, 0) is 31.5 Å². The van der Waals surface area contributed by atoms with Gasteiger partial charge in [0.1, 0.15) is 11.5 Å². The fourth-order valence-corrected chi connectivity index (χ4v) is 3.25. The third-order valence-electron chi connectivity index (χ3n) is 3.83.